The fourth-order valence-electron chi connectivity index (χ4n) is 5.61. The van der Waals surface area contributed by atoms with E-state index in [-0.39, 0.29) is 11.7 Å². The number of nitrogens with one attached hydrogen (secondary N) is 2. The van der Waals surface area contributed by atoms with Gasteiger partial charge in [-0.25, -0.2) is 9.37 Å². The molecule has 8 heteroatoms. The molecule has 2 aromatic rings. The molecule has 0 radical (unpaired) electrons. The molecule has 182 valence electrons. The smallest absolute Gasteiger partial charge is 0.225 e. The molecule has 4 heterocycles. The maximum atomic E-state index is 13.8. The van der Waals surface area contributed by atoms with Crippen molar-refractivity contribution in [2.75, 3.05) is 32.7 Å². The molecule has 1 aromatic heterocycles. The first kappa shape index (κ1) is 22.9. The van der Waals surface area contributed by atoms with E-state index in [1.807, 2.05) is 18.5 Å². The van der Waals surface area contributed by atoms with E-state index in [1.165, 1.54) is 17.7 Å². The molecule has 7 nitrogen and oxygen atoms in total. The number of piperidine rings is 2. The Morgan fingerprint density at radius 2 is 1.91 bits per heavy atom. The zero-order valence-electron chi connectivity index (χ0n) is 20.0. The van der Waals surface area contributed by atoms with Gasteiger partial charge in [-0.3, -0.25) is 9.69 Å². The van der Waals surface area contributed by atoms with Crippen LogP contribution in [0.25, 0.3) is 11.0 Å². The number of hydrazine groups is 1. The van der Waals surface area contributed by atoms with Crippen molar-refractivity contribution in [3.63, 3.8) is 0 Å². The summed E-state index contributed by atoms with van der Waals surface area (Å²) in [4.78, 5) is 22.5. The fourth-order valence-corrected chi connectivity index (χ4v) is 5.61. The summed E-state index contributed by atoms with van der Waals surface area (Å²) in [7, 11) is 0. The monoisotopic (exact) mass is 466 g/mol. The second kappa shape index (κ2) is 10.2. The first-order valence-electron chi connectivity index (χ1n) is 12.7. The van der Waals surface area contributed by atoms with E-state index in [2.05, 4.69) is 38.2 Å². The highest BCUT2D eigenvalue weighted by Gasteiger charge is 2.32. The summed E-state index contributed by atoms with van der Waals surface area (Å²) in [5.41, 5.74) is 8.97. The number of carbonyl (C=O) groups is 1. The van der Waals surface area contributed by atoms with Gasteiger partial charge in [-0.2, -0.15) is 0 Å². The molecule has 2 N–H and O–H groups in total. The molecular weight excluding hydrogens is 431 g/mol. The second-order valence-electron chi connectivity index (χ2n) is 9.73. The van der Waals surface area contributed by atoms with Crippen molar-refractivity contribution < 1.29 is 9.18 Å². The molecule has 0 atom stereocenters. The van der Waals surface area contributed by atoms with Gasteiger partial charge in [0, 0.05) is 56.5 Å². The third-order valence-electron chi connectivity index (χ3n) is 7.40. The van der Waals surface area contributed by atoms with Crippen LogP contribution in [0.15, 0.2) is 42.2 Å². The van der Waals surface area contributed by atoms with Crippen LogP contribution in [0.4, 0.5) is 4.39 Å². The van der Waals surface area contributed by atoms with Crippen LogP contribution in [0.5, 0.6) is 0 Å². The average molecular weight is 467 g/mol. The second-order valence-corrected chi connectivity index (χ2v) is 9.73. The molecule has 2 fully saturated rings. The Morgan fingerprint density at radius 3 is 2.62 bits per heavy atom. The van der Waals surface area contributed by atoms with E-state index in [9.17, 15) is 9.18 Å². The van der Waals surface area contributed by atoms with Gasteiger partial charge < -0.3 is 20.3 Å². The molecule has 0 unspecified atom stereocenters. The minimum absolute atomic E-state index is 0.135. The molecule has 2 saturated heterocycles. The first-order valence-corrected chi connectivity index (χ1v) is 12.7. The van der Waals surface area contributed by atoms with E-state index in [1.54, 1.807) is 0 Å². The lowest BCUT2D eigenvalue weighted by atomic mass is 9.93. The van der Waals surface area contributed by atoms with Crippen molar-refractivity contribution in [3.05, 3.63) is 53.9 Å². The number of fused-ring (bicyclic) bond motifs is 1. The van der Waals surface area contributed by atoms with Crippen LogP contribution in [0.2, 0.25) is 0 Å². The van der Waals surface area contributed by atoms with Gasteiger partial charge in [0.15, 0.2) is 0 Å². The Balaban J connectivity index is 1.17. The zero-order chi connectivity index (χ0) is 23.5. The number of halogens is 1. The number of aryl methyl sites for hydroxylation is 1. The highest BCUT2D eigenvalue weighted by atomic mass is 19.1. The van der Waals surface area contributed by atoms with Gasteiger partial charge >= 0.3 is 0 Å². The maximum absolute atomic E-state index is 13.8. The number of hydrogen-bond acceptors (Lipinski definition) is 5. The minimum atomic E-state index is -0.243. The number of likely N-dealkylation sites (tertiary alicyclic amines) is 2. The van der Waals surface area contributed by atoms with Gasteiger partial charge in [-0.15, -0.1) is 0 Å². The number of hydrogen-bond donors (Lipinski definition) is 2. The zero-order valence-corrected chi connectivity index (χ0v) is 20.0. The van der Waals surface area contributed by atoms with Gasteiger partial charge in [0.25, 0.3) is 0 Å². The molecule has 34 heavy (non-hydrogen) atoms. The van der Waals surface area contributed by atoms with E-state index in [0.717, 1.165) is 88.1 Å². The fraction of sp³-hybridized carbons (Fsp3) is 0.538. The normalized spacial score (nSPS) is 20.3. The van der Waals surface area contributed by atoms with Crippen LogP contribution in [0.3, 0.4) is 0 Å². The first-order chi connectivity index (χ1) is 16.6. The van der Waals surface area contributed by atoms with E-state index in [4.69, 9.17) is 4.98 Å². The van der Waals surface area contributed by atoms with Crippen LogP contribution >= 0.6 is 0 Å². The van der Waals surface area contributed by atoms with E-state index < -0.39 is 0 Å². The van der Waals surface area contributed by atoms with Crippen LogP contribution in [0.1, 0.15) is 50.9 Å². The highest BCUT2D eigenvalue weighted by Crippen LogP contribution is 2.31. The third kappa shape index (κ3) is 4.82. The molecule has 5 rings (SSSR count). The molecule has 3 aliphatic heterocycles. The topological polar surface area (TPSA) is 65.4 Å². The Labute approximate surface area is 200 Å². The number of benzene rings is 1. The summed E-state index contributed by atoms with van der Waals surface area (Å²) in [5, 5.41) is 0. The van der Waals surface area contributed by atoms with Crippen molar-refractivity contribution in [2.24, 2.45) is 5.92 Å². The van der Waals surface area contributed by atoms with Crippen molar-refractivity contribution in [2.45, 2.75) is 51.5 Å². The quantitative estimate of drug-likeness (QED) is 0.682. The largest absolute Gasteiger partial charge is 0.342 e. The molecule has 3 aliphatic rings. The molecule has 0 aliphatic carbocycles. The van der Waals surface area contributed by atoms with Crippen molar-refractivity contribution in [1.29, 1.82) is 0 Å². The standard InChI is InChI=1S/C26H35FN6O/c1-2-3-25-30-23-16-21(27)4-5-24(23)33(25)22-9-14-32(15-10-22)26(34)20-7-12-31(13-8-20)18-19-6-11-28-29-17-19/h4-6,11,16-17,20,22,28-29H,2-3,7-10,12-15,18H2,1H3. The minimum Gasteiger partial charge on any atom is -0.342 e. The Hall–Kier alpha value is -2.87. The molecule has 1 aromatic carbocycles. The van der Waals surface area contributed by atoms with Crippen molar-refractivity contribution in [1.82, 2.24) is 30.2 Å². The van der Waals surface area contributed by atoms with E-state index in [0.29, 0.717) is 11.9 Å². The Kier molecular flexibility index (Phi) is 6.85. The lowest BCUT2D eigenvalue weighted by Crippen LogP contribution is -2.46. The van der Waals surface area contributed by atoms with Gasteiger partial charge in [0.05, 0.1) is 11.0 Å². The number of aromatic nitrogens is 2. The number of imidazole rings is 1. The summed E-state index contributed by atoms with van der Waals surface area (Å²) in [6, 6.07) is 5.22. The lowest BCUT2D eigenvalue weighted by Gasteiger charge is -2.38. The molecule has 0 saturated carbocycles. The number of carbonyl (C=O) groups excluding carboxylic acids is 1. The Morgan fingerprint density at radius 1 is 1.12 bits per heavy atom. The molecule has 0 bridgehead atoms. The predicted octanol–water partition coefficient (Wildman–Crippen LogP) is 3.51. The van der Waals surface area contributed by atoms with Crippen LogP contribution < -0.4 is 10.9 Å². The highest BCUT2D eigenvalue weighted by molar-refractivity contribution is 5.79. The summed E-state index contributed by atoms with van der Waals surface area (Å²) in [6.07, 6.45) is 11.6. The van der Waals surface area contributed by atoms with Gasteiger partial charge in [0.2, 0.25) is 5.91 Å². The number of nitrogens with zero attached hydrogens (tertiary/aromatic N) is 4. The SMILES string of the molecule is CCCc1nc2cc(F)ccc2n1C1CCN(C(=O)C2CCN(CC3=CNNC=C3)CC2)CC1. The van der Waals surface area contributed by atoms with Crippen molar-refractivity contribution in [3.8, 4) is 0 Å². The predicted molar refractivity (Wildman–Crippen MR) is 131 cm³/mol. The van der Waals surface area contributed by atoms with Crippen LogP contribution in [-0.4, -0.2) is 58.0 Å². The lowest BCUT2D eigenvalue weighted by molar-refractivity contribution is -0.138. The maximum Gasteiger partial charge on any atom is 0.225 e. The molecular formula is C26H35FN6O. The third-order valence-corrected chi connectivity index (χ3v) is 7.40. The van der Waals surface area contributed by atoms with Crippen LogP contribution in [-0.2, 0) is 11.2 Å². The number of rotatable bonds is 6. The summed E-state index contributed by atoms with van der Waals surface area (Å²) in [5.74, 6) is 1.25. The average Bonchev–Trinajstić information content (AvgIpc) is 3.22. The molecule has 1 amide bonds. The van der Waals surface area contributed by atoms with Gasteiger partial charge in [-0.05, 0) is 69.0 Å². The van der Waals surface area contributed by atoms with Crippen LogP contribution in [0, 0.1) is 11.7 Å². The van der Waals surface area contributed by atoms with E-state index >= 15 is 0 Å². The van der Waals surface area contributed by atoms with Gasteiger partial charge in [0.1, 0.15) is 11.6 Å². The summed E-state index contributed by atoms with van der Waals surface area (Å²) in [6.45, 7) is 6.56. The summed E-state index contributed by atoms with van der Waals surface area (Å²) >= 11 is 0. The number of amides is 1. The van der Waals surface area contributed by atoms with Crippen molar-refractivity contribution >= 4 is 16.9 Å². The van der Waals surface area contributed by atoms with Gasteiger partial charge in [-0.1, -0.05) is 6.92 Å². The summed E-state index contributed by atoms with van der Waals surface area (Å²) < 4.78 is 16.1. The Bertz CT molecular complexity index is 1080. The molecule has 0 spiro atoms.